The van der Waals surface area contributed by atoms with E-state index in [1.54, 1.807) is 32.2 Å². The first-order chi connectivity index (χ1) is 17.9. The van der Waals surface area contributed by atoms with Crippen molar-refractivity contribution in [2.24, 2.45) is 0 Å². The molecular weight excluding hydrogens is 476 g/mol. The number of H-pyrrole nitrogens is 1. The number of phenolic OH excluding ortho intramolecular Hbond substituents is 1. The van der Waals surface area contributed by atoms with Gasteiger partial charge in [0.2, 0.25) is 5.78 Å². The molecule has 0 saturated carbocycles. The lowest BCUT2D eigenvalue weighted by Gasteiger charge is -2.27. The van der Waals surface area contributed by atoms with Gasteiger partial charge in [-0.3, -0.25) is 9.59 Å². The lowest BCUT2D eigenvalue weighted by atomic mass is 9.94. The molecule has 0 fully saturated rings. The maximum absolute atomic E-state index is 13.4. The Kier molecular flexibility index (Phi) is 6.35. The molecule has 1 amide bonds. The van der Waals surface area contributed by atoms with E-state index >= 15 is 0 Å². The van der Waals surface area contributed by atoms with Crippen LogP contribution in [0.4, 0.5) is 0 Å². The highest BCUT2D eigenvalue weighted by atomic mass is 16.5. The monoisotopic (exact) mass is 502 g/mol. The van der Waals surface area contributed by atoms with Crippen molar-refractivity contribution >= 4 is 22.6 Å². The Bertz CT molecular complexity index is 1500. The number of aromatic amines is 1. The number of ketones is 1. The van der Waals surface area contributed by atoms with Crippen molar-refractivity contribution in [2.45, 2.75) is 19.4 Å². The van der Waals surface area contributed by atoms with Gasteiger partial charge in [-0.05, 0) is 66.9 Å². The van der Waals surface area contributed by atoms with Crippen LogP contribution >= 0.6 is 0 Å². The van der Waals surface area contributed by atoms with Gasteiger partial charge in [0.15, 0.2) is 23.0 Å². The van der Waals surface area contributed by atoms with Crippen molar-refractivity contribution in [2.75, 3.05) is 20.3 Å². The van der Waals surface area contributed by atoms with Crippen LogP contribution in [0.1, 0.15) is 34.6 Å². The second kappa shape index (κ2) is 9.77. The molecule has 0 saturated heterocycles. The number of ether oxygens (including phenoxy) is 2. The normalized spacial score (nSPS) is 15.6. The van der Waals surface area contributed by atoms with Crippen molar-refractivity contribution < 1.29 is 33.7 Å². The molecule has 4 aromatic rings. The van der Waals surface area contributed by atoms with Crippen molar-refractivity contribution in [1.82, 2.24) is 9.88 Å². The predicted octanol–water partition coefficient (Wildman–Crippen LogP) is 4.69. The van der Waals surface area contributed by atoms with E-state index in [9.17, 15) is 19.8 Å². The van der Waals surface area contributed by atoms with Crippen LogP contribution in [-0.4, -0.2) is 52.0 Å². The van der Waals surface area contributed by atoms with Crippen LogP contribution in [0.25, 0.3) is 10.9 Å². The number of nitrogens with one attached hydrogen (secondary N) is 1. The maximum Gasteiger partial charge on any atom is 0.290 e. The van der Waals surface area contributed by atoms with Crippen LogP contribution in [-0.2, 0) is 11.2 Å². The largest absolute Gasteiger partial charge is 0.504 e. The van der Waals surface area contributed by atoms with Crippen LogP contribution in [0.3, 0.4) is 0 Å². The standard InChI is InChI=1S/C28H26N2O7/c1-3-36-23-13-16(6-9-21(23)31)25-24(26(32)22-5-4-12-37-22)27(33)28(34)30(25)11-10-17-15-29-20-8-7-18(35-2)14-19(17)20/h4-9,12-15,25,29,31,33H,3,10-11H2,1-2H3/t25-/m0/s1. The number of rotatable bonds is 9. The SMILES string of the molecule is CCOc1cc([C@H]2C(C(=O)c3ccco3)=C(O)C(=O)N2CCc2c[nH]c3ccc(OC)cc23)ccc1O. The number of furan rings is 1. The third-order valence-corrected chi connectivity index (χ3v) is 6.49. The van der Waals surface area contributed by atoms with Crippen LogP contribution in [0.5, 0.6) is 17.2 Å². The molecule has 1 atom stereocenters. The van der Waals surface area contributed by atoms with E-state index in [0.717, 1.165) is 16.5 Å². The third kappa shape index (κ3) is 4.29. The van der Waals surface area contributed by atoms with Crippen LogP contribution in [0.15, 0.2) is 76.7 Å². The average molecular weight is 503 g/mol. The Morgan fingerprint density at radius 3 is 2.73 bits per heavy atom. The molecule has 1 aliphatic rings. The Hall–Kier alpha value is -4.66. The summed E-state index contributed by atoms with van der Waals surface area (Å²) >= 11 is 0. The van der Waals surface area contributed by atoms with E-state index < -0.39 is 23.5 Å². The minimum atomic E-state index is -0.912. The van der Waals surface area contributed by atoms with E-state index in [1.165, 1.54) is 23.3 Å². The molecule has 2 aromatic carbocycles. The number of hydrogen-bond acceptors (Lipinski definition) is 7. The molecule has 0 bridgehead atoms. The number of nitrogens with zero attached hydrogens (tertiary/aromatic N) is 1. The van der Waals surface area contributed by atoms with Gasteiger partial charge in [0.05, 0.1) is 31.6 Å². The highest BCUT2D eigenvalue weighted by molar-refractivity contribution is 6.15. The van der Waals surface area contributed by atoms with E-state index in [4.69, 9.17) is 13.9 Å². The van der Waals surface area contributed by atoms with Gasteiger partial charge in [-0.1, -0.05) is 6.07 Å². The first-order valence-corrected chi connectivity index (χ1v) is 11.8. The fourth-order valence-electron chi connectivity index (χ4n) is 4.71. The van der Waals surface area contributed by atoms with Gasteiger partial charge < -0.3 is 34.0 Å². The number of aromatic nitrogens is 1. The van der Waals surface area contributed by atoms with Gasteiger partial charge in [-0.2, -0.15) is 0 Å². The lowest BCUT2D eigenvalue weighted by molar-refractivity contribution is -0.129. The van der Waals surface area contributed by atoms with Gasteiger partial charge in [0.25, 0.3) is 5.91 Å². The van der Waals surface area contributed by atoms with Crippen molar-refractivity contribution in [3.63, 3.8) is 0 Å². The van der Waals surface area contributed by atoms with Crippen molar-refractivity contribution in [3.05, 3.63) is 89.2 Å². The zero-order valence-corrected chi connectivity index (χ0v) is 20.4. The molecule has 3 heterocycles. The van der Waals surface area contributed by atoms with Crippen LogP contribution in [0.2, 0.25) is 0 Å². The van der Waals surface area contributed by atoms with Gasteiger partial charge in [0.1, 0.15) is 5.75 Å². The zero-order valence-electron chi connectivity index (χ0n) is 20.4. The fourth-order valence-corrected chi connectivity index (χ4v) is 4.71. The summed E-state index contributed by atoms with van der Waals surface area (Å²) in [5.41, 5.74) is 2.30. The van der Waals surface area contributed by atoms with Gasteiger partial charge in [-0.15, -0.1) is 0 Å². The Morgan fingerprint density at radius 2 is 2.00 bits per heavy atom. The van der Waals surface area contributed by atoms with Crippen LogP contribution < -0.4 is 9.47 Å². The molecule has 9 heteroatoms. The minimum Gasteiger partial charge on any atom is -0.504 e. The number of aliphatic hydroxyl groups is 1. The Labute approximate surface area is 212 Å². The number of methoxy groups -OCH3 is 1. The molecular formula is C28H26N2O7. The number of aromatic hydroxyl groups is 1. The molecule has 9 nitrogen and oxygen atoms in total. The molecule has 0 spiro atoms. The maximum atomic E-state index is 13.4. The van der Waals surface area contributed by atoms with Gasteiger partial charge in [-0.25, -0.2) is 0 Å². The number of amides is 1. The van der Waals surface area contributed by atoms with Crippen LogP contribution in [0, 0.1) is 0 Å². The van der Waals surface area contributed by atoms with Crippen molar-refractivity contribution in [1.29, 1.82) is 0 Å². The topological polar surface area (TPSA) is 125 Å². The highest BCUT2D eigenvalue weighted by Gasteiger charge is 2.44. The number of benzene rings is 2. The van der Waals surface area contributed by atoms with E-state index in [1.807, 2.05) is 24.4 Å². The lowest BCUT2D eigenvalue weighted by Crippen LogP contribution is -2.33. The smallest absolute Gasteiger partial charge is 0.290 e. The van der Waals surface area contributed by atoms with Crippen molar-refractivity contribution in [3.8, 4) is 17.2 Å². The molecule has 1 aliphatic heterocycles. The van der Waals surface area contributed by atoms with E-state index in [2.05, 4.69) is 4.98 Å². The molecule has 5 rings (SSSR count). The molecule has 2 aromatic heterocycles. The summed E-state index contributed by atoms with van der Waals surface area (Å²) in [6.07, 6.45) is 3.67. The number of fused-ring (bicyclic) bond motifs is 1. The zero-order chi connectivity index (χ0) is 26.1. The summed E-state index contributed by atoms with van der Waals surface area (Å²) in [7, 11) is 1.60. The molecule has 0 aliphatic carbocycles. The first-order valence-electron chi connectivity index (χ1n) is 11.8. The summed E-state index contributed by atoms with van der Waals surface area (Å²) in [6, 6.07) is 12.5. The summed E-state index contributed by atoms with van der Waals surface area (Å²) < 4.78 is 16.2. The number of carbonyl (C=O) groups excluding carboxylic acids is 2. The van der Waals surface area contributed by atoms with E-state index in [-0.39, 0.29) is 29.4 Å². The molecule has 190 valence electrons. The number of carbonyl (C=O) groups is 2. The first kappa shape index (κ1) is 24.1. The summed E-state index contributed by atoms with van der Waals surface area (Å²) in [4.78, 5) is 31.3. The number of Topliss-reactive ketones (excluding diaryl/α,β-unsaturated/α-hetero) is 1. The third-order valence-electron chi connectivity index (χ3n) is 6.49. The Balaban J connectivity index is 1.53. The predicted molar refractivity (Wildman–Crippen MR) is 135 cm³/mol. The average Bonchev–Trinajstić information content (AvgIpc) is 3.63. The second-order valence-electron chi connectivity index (χ2n) is 8.61. The van der Waals surface area contributed by atoms with Gasteiger partial charge in [0, 0.05) is 23.6 Å². The fraction of sp³-hybridized carbons (Fsp3) is 0.214. The molecule has 0 radical (unpaired) electrons. The molecule has 0 unspecified atom stereocenters. The second-order valence-corrected chi connectivity index (χ2v) is 8.61. The molecule has 37 heavy (non-hydrogen) atoms. The Morgan fingerprint density at radius 1 is 1.16 bits per heavy atom. The molecule has 3 N–H and O–H groups in total. The van der Waals surface area contributed by atoms with Gasteiger partial charge >= 0.3 is 0 Å². The number of phenols is 1. The van der Waals surface area contributed by atoms with E-state index in [0.29, 0.717) is 24.3 Å². The number of hydrogen-bond donors (Lipinski definition) is 3. The summed E-state index contributed by atoms with van der Waals surface area (Å²) in [5, 5.41) is 22.0. The summed E-state index contributed by atoms with van der Waals surface area (Å²) in [6.45, 7) is 2.30. The quantitative estimate of drug-likeness (QED) is 0.283. The minimum absolute atomic E-state index is 0.00809. The summed E-state index contributed by atoms with van der Waals surface area (Å²) in [5.74, 6) is -1.02. The highest BCUT2D eigenvalue weighted by Crippen LogP contribution is 2.41. The number of aliphatic hydroxyl groups excluding tert-OH is 1.